The van der Waals surface area contributed by atoms with E-state index in [0.717, 1.165) is 19.3 Å². The molecule has 106 valence electrons. The molecule has 0 saturated heterocycles. The van der Waals surface area contributed by atoms with Gasteiger partial charge in [-0.25, -0.2) is 0 Å². The zero-order valence-corrected chi connectivity index (χ0v) is 12.4. The molecule has 1 fully saturated rings. The van der Waals surface area contributed by atoms with Gasteiger partial charge in [0, 0.05) is 11.4 Å². The zero-order chi connectivity index (χ0) is 14.6. The van der Waals surface area contributed by atoms with E-state index in [4.69, 9.17) is 16.9 Å². The molecule has 3 nitrogen and oxygen atoms in total. The number of benzene rings is 1. The predicted octanol–water partition coefficient (Wildman–Crippen LogP) is 3.48. The van der Waals surface area contributed by atoms with Gasteiger partial charge in [0.2, 0.25) is 0 Å². The molecule has 0 aliphatic heterocycles. The van der Waals surface area contributed by atoms with Crippen molar-refractivity contribution in [2.75, 3.05) is 5.88 Å². The van der Waals surface area contributed by atoms with E-state index in [1.54, 1.807) is 24.3 Å². The molecule has 0 spiro atoms. The lowest BCUT2D eigenvalue weighted by atomic mass is 9.77. The Morgan fingerprint density at radius 1 is 1.50 bits per heavy atom. The van der Waals surface area contributed by atoms with Crippen LogP contribution in [0.25, 0.3) is 0 Å². The lowest BCUT2D eigenvalue weighted by Gasteiger charge is -2.39. The van der Waals surface area contributed by atoms with Crippen molar-refractivity contribution >= 4 is 17.5 Å². The molecule has 0 heterocycles. The van der Waals surface area contributed by atoms with E-state index in [9.17, 15) is 4.79 Å². The minimum atomic E-state index is -0.287. The molecular formula is C16H19ClN2O. The Labute approximate surface area is 124 Å². The summed E-state index contributed by atoms with van der Waals surface area (Å²) in [4.78, 5) is 12.3. The second-order valence-corrected chi connectivity index (χ2v) is 6.03. The van der Waals surface area contributed by atoms with Crippen molar-refractivity contribution in [2.45, 2.75) is 38.1 Å². The van der Waals surface area contributed by atoms with Crippen molar-refractivity contribution in [3.05, 3.63) is 35.4 Å². The second-order valence-electron chi connectivity index (χ2n) is 5.76. The van der Waals surface area contributed by atoms with E-state index in [2.05, 4.69) is 12.2 Å². The van der Waals surface area contributed by atoms with Gasteiger partial charge in [-0.15, -0.1) is 11.6 Å². The van der Waals surface area contributed by atoms with Gasteiger partial charge in [-0.1, -0.05) is 19.8 Å². The summed E-state index contributed by atoms with van der Waals surface area (Å²) in [7, 11) is 0. The Morgan fingerprint density at radius 2 is 2.20 bits per heavy atom. The molecule has 20 heavy (non-hydrogen) atoms. The maximum Gasteiger partial charge on any atom is 0.251 e. The fourth-order valence-corrected chi connectivity index (χ4v) is 3.25. The van der Waals surface area contributed by atoms with Crippen LogP contribution in [0.2, 0.25) is 0 Å². The van der Waals surface area contributed by atoms with Crippen LogP contribution in [0.5, 0.6) is 0 Å². The van der Waals surface area contributed by atoms with Crippen LogP contribution in [0, 0.1) is 17.2 Å². The summed E-state index contributed by atoms with van der Waals surface area (Å²) in [5.41, 5.74) is 0.844. The Kier molecular flexibility index (Phi) is 4.67. The van der Waals surface area contributed by atoms with Crippen LogP contribution in [0.1, 0.15) is 48.5 Å². The van der Waals surface area contributed by atoms with Crippen molar-refractivity contribution in [3.8, 4) is 6.07 Å². The van der Waals surface area contributed by atoms with Gasteiger partial charge in [0.15, 0.2) is 0 Å². The largest absolute Gasteiger partial charge is 0.345 e. The number of halogens is 1. The van der Waals surface area contributed by atoms with Crippen LogP contribution >= 0.6 is 11.6 Å². The van der Waals surface area contributed by atoms with Gasteiger partial charge in [-0.2, -0.15) is 5.26 Å². The molecule has 1 aromatic carbocycles. The Hall–Kier alpha value is -1.53. The number of nitrogens with one attached hydrogen (secondary N) is 1. The number of alkyl halides is 1. The molecule has 2 unspecified atom stereocenters. The molecule has 2 atom stereocenters. The van der Waals surface area contributed by atoms with E-state index in [1.165, 1.54) is 6.42 Å². The Balaban J connectivity index is 2.10. The van der Waals surface area contributed by atoms with E-state index in [1.807, 2.05) is 6.07 Å². The van der Waals surface area contributed by atoms with Gasteiger partial charge in [-0.3, -0.25) is 4.79 Å². The average Bonchev–Trinajstić information content (AvgIpc) is 2.47. The van der Waals surface area contributed by atoms with Gasteiger partial charge in [0.05, 0.1) is 17.2 Å². The summed E-state index contributed by atoms with van der Waals surface area (Å²) in [6.45, 7) is 2.20. The smallest absolute Gasteiger partial charge is 0.251 e. The van der Waals surface area contributed by atoms with Crippen LogP contribution in [0.3, 0.4) is 0 Å². The molecule has 1 saturated carbocycles. The first-order chi connectivity index (χ1) is 9.58. The SMILES string of the molecule is CC1CCCC(CCl)(NC(=O)c2ccc(C#N)cc2)C1. The number of hydrogen-bond acceptors (Lipinski definition) is 2. The van der Waals surface area contributed by atoms with E-state index >= 15 is 0 Å². The molecule has 0 radical (unpaired) electrons. The summed E-state index contributed by atoms with van der Waals surface area (Å²) in [5.74, 6) is 0.923. The second kappa shape index (κ2) is 6.28. The van der Waals surface area contributed by atoms with E-state index in [0.29, 0.717) is 22.9 Å². The zero-order valence-electron chi connectivity index (χ0n) is 11.7. The molecule has 0 aromatic heterocycles. The fourth-order valence-electron chi connectivity index (χ4n) is 2.94. The summed E-state index contributed by atoms with van der Waals surface area (Å²) < 4.78 is 0. The first-order valence-corrected chi connectivity index (χ1v) is 7.51. The van der Waals surface area contributed by atoms with Crippen LogP contribution in [-0.2, 0) is 0 Å². The Morgan fingerprint density at radius 3 is 2.75 bits per heavy atom. The van der Waals surface area contributed by atoms with Gasteiger partial charge in [0.1, 0.15) is 0 Å². The summed E-state index contributed by atoms with van der Waals surface area (Å²) in [6, 6.07) is 8.73. The first kappa shape index (κ1) is 14.9. The molecule has 1 aromatic rings. The number of rotatable bonds is 3. The maximum atomic E-state index is 12.3. The standard InChI is InChI=1S/C16H19ClN2O/c1-12-3-2-8-16(9-12,11-17)19-15(20)14-6-4-13(10-18)5-7-14/h4-7,12H,2-3,8-9,11H2,1H3,(H,19,20). The molecule has 1 aliphatic rings. The number of amides is 1. The summed E-state index contributed by atoms with van der Waals surface area (Å²) in [5, 5.41) is 11.9. The minimum Gasteiger partial charge on any atom is -0.345 e. The number of nitrogens with zero attached hydrogens (tertiary/aromatic N) is 1. The maximum absolute atomic E-state index is 12.3. The third-order valence-electron chi connectivity index (χ3n) is 4.00. The summed E-state index contributed by atoms with van der Waals surface area (Å²) in [6.07, 6.45) is 4.16. The molecule has 4 heteroatoms. The van der Waals surface area contributed by atoms with Crippen LogP contribution in [-0.4, -0.2) is 17.3 Å². The highest BCUT2D eigenvalue weighted by atomic mass is 35.5. The van der Waals surface area contributed by atoms with Crippen molar-refractivity contribution in [1.82, 2.24) is 5.32 Å². The van der Waals surface area contributed by atoms with Gasteiger partial charge in [-0.05, 0) is 43.0 Å². The van der Waals surface area contributed by atoms with Crippen molar-refractivity contribution in [2.24, 2.45) is 5.92 Å². The van der Waals surface area contributed by atoms with Crippen LogP contribution in [0.4, 0.5) is 0 Å². The third-order valence-corrected chi connectivity index (χ3v) is 4.51. The molecule has 0 bridgehead atoms. The van der Waals surface area contributed by atoms with Gasteiger partial charge >= 0.3 is 0 Å². The average molecular weight is 291 g/mol. The number of hydrogen-bond donors (Lipinski definition) is 1. The molecule has 2 rings (SSSR count). The first-order valence-electron chi connectivity index (χ1n) is 6.97. The Bertz CT molecular complexity index is 520. The lowest BCUT2D eigenvalue weighted by molar-refractivity contribution is 0.0867. The number of carbonyl (C=O) groups excluding carboxylic acids is 1. The normalized spacial score (nSPS) is 25.8. The highest BCUT2D eigenvalue weighted by molar-refractivity contribution is 6.19. The lowest BCUT2D eigenvalue weighted by Crippen LogP contribution is -2.52. The topological polar surface area (TPSA) is 52.9 Å². The molecular weight excluding hydrogens is 272 g/mol. The van der Waals surface area contributed by atoms with E-state index in [-0.39, 0.29) is 11.4 Å². The number of carbonyl (C=O) groups is 1. The summed E-state index contributed by atoms with van der Waals surface area (Å²) >= 11 is 6.12. The van der Waals surface area contributed by atoms with Gasteiger partial charge < -0.3 is 5.32 Å². The van der Waals surface area contributed by atoms with Crippen LogP contribution in [0.15, 0.2) is 24.3 Å². The molecule has 1 aliphatic carbocycles. The highest BCUT2D eigenvalue weighted by Gasteiger charge is 2.35. The van der Waals surface area contributed by atoms with Crippen molar-refractivity contribution in [1.29, 1.82) is 5.26 Å². The number of nitriles is 1. The third kappa shape index (κ3) is 3.32. The monoisotopic (exact) mass is 290 g/mol. The van der Waals surface area contributed by atoms with Gasteiger partial charge in [0.25, 0.3) is 5.91 Å². The highest BCUT2D eigenvalue weighted by Crippen LogP contribution is 2.33. The van der Waals surface area contributed by atoms with Crippen LogP contribution < -0.4 is 5.32 Å². The fraction of sp³-hybridized carbons (Fsp3) is 0.500. The minimum absolute atomic E-state index is 0.107. The van der Waals surface area contributed by atoms with E-state index < -0.39 is 0 Å². The van der Waals surface area contributed by atoms with Crippen molar-refractivity contribution in [3.63, 3.8) is 0 Å². The quantitative estimate of drug-likeness (QED) is 0.867. The molecule has 1 N–H and O–H groups in total. The van der Waals surface area contributed by atoms with Crippen molar-refractivity contribution < 1.29 is 4.79 Å². The predicted molar refractivity (Wildman–Crippen MR) is 79.7 cm³/mol. The molecule has 1 amide bonds.